The van der Waals surface area contributed by atoms with Crippen LogP contribution in [-0.4, -0.2) is 12.5 Å². The molecule has 20 heavy (non-hydrogen) atoms. The lowest BCUT2D eigenvalue weighted by Gasteiger charge is -2.03. The highest BCUT2D eigenvalue weighted by Gasteiger charge is 2.12. The first-order chi connectivity index (χ1) is 9.72. The molecule has 4 heteroatoms. The number of nitrogens with one attached hydrogen (secondary N) is 1. The monoisotopic (exact) mass is 270 g/mol. The van der Waals surface area contributed by atoms with Crippen molar-refractivity contribution in [2.75, 3.05) is 12.3 Å². The molecule has 3 N–H and O–H groups in total. The van der Waals surface area contributed by atoms with Crippen LogP contribution in [0.5, 0.6) is 0 Å². The molecule has 4 nitrogen and oxygen atoms in total. The van der Waals surface area contributed by atoms with Crippen LogP contribution in [0, 0.1) is 0 Å². The second-order valence-corrected chi connectivity index (χ2v) is 5.17. The highest BCUT2D eigenvalue weighted by molar-refractivity contribution is 5.96. The van der Waals surface area contributed by atoms with Crippen molar-refractivity contribution >= 4 is 22.6 Å². The molecule has 1 aromatic carbocycles. The van der Waals surface area contributed by atoms with Crippen LogP contribution in [0.25, 0.3) is 11.0 Å². The van der Waals surface area contributed by atoms with Gasteiger partial charge < -0.3 is 15.5 Å². The van der Waals surface area contributed by atoms with Crippen LogP contribution in [-0.2, 0) is 0 Å². The minimum atomic E-state index is -0.168. The van der Waals surface area contributed by atoms with Crippen molar-refractivity contribution in [1.29, 1.82) is 0 Å². The largest absolute Gasteiger partial charge is 0.451 e. The number of fused-ring (bicyclic) bond motifs is 1. The first kappa shape index (κ1) is 12.8. The first-order valence-electron chi connectivity index (χ1n) is 6.97. The summed E-state index contributed by atoms with van der Waals surface area (Å²) in [4.78, 5) is 12.0. The van der Waals surface area contributed by atoms with Crippen LogP contribution in [0.2, 0.25) is 0 Å². The Morgan fingerprint density at radius 3 is 3.05 bits per heavy atom. The zero-order valence-electron chi connectivity index (χ0n) is 11.3. The maximum Gasteiger partial charge on any atom is 0.287 e. The van der Waals surface area contributed by atoms with Crippen LogP contribution in [0.15, 0.2) is 40.3 Å². The Morgan fingerprint density at radius 1 is 1.35 bits per heavy atom. The van der Waals surface area contributed by atoms with E-state index in [1.54, 1.807) is 24.3 Å². The Kier molecular flexibility index (Phi) is 3.46. The fraction of sp³-hybridized carbons (Fsp3) is 0.312. The molecule has 1 aliphatic carbocycles. The van der Waals surface area contributed by atoms with E-state index in [0.29, 0.717) is 23.6 Å². The van der Waals surface area contributed by atoms with Crippen LogP contribution in [0.1, 0.15) is 36.2 Å². The lowest BCUT2D eigenvalue weighted by atomic mass is 10.2. The number of benzene rings is 1. The number of hydrogen-bond donors (Lipinski definition) is 2. The van der Waals surface area contributed by atoms with Crippen LogP contribution < -0.4 is 11.1 Å². The second-order valence-electron chi connectivity index (χ2n) is 5.17. The highest BCUT2D eigenvalue weighted by Crippen LogP contribution is 2.22. The summed E-state index contributed by atoms with van der Waals surface area (Å²) < 4.78 is 5.53. The third-order valence-electron chi connectivity index (χ3n) is 3.63. The van der Waals surface area contributed by atoms with Gasteiger partial charge in [0.1, 0.15) is 5.58 Å². The van der Waals surface area contributed by atoms with Gasteiger partial charge in [-0.2, -0.15) is 0 Å². The van der Waals surface area contributed by atoms with Crippen LogP contribution in [0.3, 0.4) is 0 Å². The van der Waals surface area contributed by atoms with E-state index in [1.807, 2.05) is 0 Å². The molecule has 1 aliphatic rings. The van der Waals surface area contributed by atoms with Gasteiger partial charge in [-0.15, -0.1) is 0 Å². The van der Waals surface area contributed by atoms with Crippen molar-refractivity contribution in [3.05, 3.63) is 41.7 Å². The van der Waals surface area contributed by atoms with E-state index >= 15 is 0 Å². The minimum Gasteiger partial charge on any atom is -0.451 e. The molecule has 0 saturated carbocycles. The van der Waals surface area contributed by atoms with Gasteiger partial charge in [0.05, 0.1) is 0 Å². The molecule has 0 bridgehead atoms. The maximum absolute atomic E-state index is 12.0. The number of nitrogen functional groups attached to an aromatic ring is 1. The molecular weight excluding hydrogens is 252 g/mol. The molecule has 0 radical (unpaired) electrons. The summed E-state index contributed by atoms with van der Waals surface area (Å²) in [6.45, 7) is 0.657. The average molecular weight is 270 g/mol. The van der Waals surface area contributed by atoms with Gasteiger partial charge in [-0.1, -0.05) is 11.6 Å². The average Bonchev–Trinajstić information content (AvgIpc) is 3.06. The van der Waals surface area contributed by atoms with E-state index in [9.17, 15) is 4.79 Å². The summed E-state index contributed by atoms with van der Waals surface area (Å²) in [5, 5.41) is 3.75. The van der Waals surface area contributed by atoms with E-state index in [0.717, 1.165) is 11.8 Å². The third kappa shape index (κ3) is 2.69. The van der Waals surface area contributed by atoms with Gasteiger partial charge in [-0.3, -0.25) is 4.79 Å². The standard InChI is InChI=1S/C16H18N2O2/c17-13-5-6-14-12(9-13)10-15(20-14)16(19)18-8-7-11-3-1-2-4-11/h3,5-6,9-10H,1-2,4,7-8,17H2,(H,18,19). The van der Waals surface area contributed by atoms with E-state index in [-0.39, 0.29) is 5.91 Å². The van der Waals surface area contributed by atoms with Crippen molar-refractivity contribution < 1.29 is 9.21 Å². The topological polar surface area (TPSA) is 68.3 Å². The van der Waals surface area contributed by atoms with Gasteiger partial charge in [-0.05, 0) is 49.9 Å². The van der Waals surface area contributed by atoms with Crippen molar-refractivity contribution in [2.24, 2.45) is 0 Å². The lowest BCUT2D eigenvalue weighted by Crippen LogP contribution is -2.24. The smallest absolute Gasteiger partial charge is 0.287 e. The molecule has 1 aromatic heterocycles. The Balaban J connectivity index is 1.63. The predicted octanol–water partition coefficient (Wildman–Crippen LogP) is 3.25. The predicted molar refractivity (Wildman–Crippen MR) is 79.5 cm³/mol. The van der Waals surface area contributed by atoms with Crippen molar-refractivity contribution in [3.63, 3.8) is 0 Å². The minimum absolute atomic E-state index is 0.168. The molecule has 0 saturated heterocycles. The van der Waals surface area contributed by atoms with E-state index in [2.05, 4.69) is 11.4 Å². The van der Waals surface area contributed by atoms with E-state index < -0.39 is 0 Å². The zero-order chi connectivity index (χ0) is 13.9. The van der Waals surface area contributed by atoms with E-state index in [4.69, 9.17) is 10.2 Å². The van der Waals surface area contributed by atoms with Crippen LogP contribution in [0.4, 0.5) is 5.69 Å². The normalized spacial score (nSPS) is 14.5. The second kappa shape index (κ2) is 5.41. The number of anilines is 1. The summed E-state index contributed by atoms with van der Waals surface area (Å²) in [7, 11) is 0. The number of hydrogen-bond acceptors (Lipinski definition) is 3. The number of allylic oxidation sites excluding steroid dienone is 1. The number of furan rings is 1. The molecular formula is C16H18N2O2. The molecule has 1 amide bonds. The quantitative estimate of drug-likeness (QED) is 0.662. The number of amides is 1. The summed E-state index contributed by atoms with van der Waals surface area (Å²) in [5.41, 5.74) is 8.51. The fourth-order valence-electron chi connectivity index (χ4n) is 2.56. The van der Waals surface area contributed by atoms with Crippen LogP contribution >= 0.6 is 0 Å². The molecule has 2 aromatic rings. The van der Waals surface area contributed by atoms with Crippen molar-refractivity contribution in [1.82, 2.24) is 5.32 Å². The first-order valence-corrected chi connectivity index (χ1v) is 6.97. The fourth-order valence-corrected chi connectivity index (χ4v) is 2.56. The van der Waals surface area contributed by atoms with E-state index in [1.165, 1.54) is 24.8 Å². The van der Waals surface area contributed by atoms with Gasteiger partial charge >= 0.3 is 0 Å². The Labute approximate surface area is 117 Å². The van der Waals surface area contributed by atoms with Crippen molar-refractivity contribution in [2.45, 2.75) is 25.7 Å². The summed E-state index contributed by atoms with van der Waals surface area (Å²) in [6.07, 6.45) is 6.79. The summed E-state index contributed by atoms with van der Waals surface area (Å²) in [6, 6.07) is 7.08. The number of carbonyl (C=O) groups is 1. The molecule has 3 rings (SSSR count). The number of rotatable bonds is 4. The Bertz CT molecular complexity index is 670. The maximum atomic E-state index is 12.0. The van der Waals surface area contributed by atoms with Gasteiger partial charge in [-0.25, -0.2) is 0 Å². The molecule has 0 unspecified atom stereocenters. The number of carbonyl (C=O) groups excluding carboxylic acids is 1. The summed E-state index contributed by atoms with van der Waals surface area (Å²) >= 11 is 0. The van der Waals surface area contributed by atoms with Gasteiger partial charge in [0.15, 0.2) is 5.76 Å². The zero-order valence-corrected chi connectivity index (χ0v) is 11.3. The molecule has 0 aliphatic heterocycles. The van der Waals surface area contributed by atoms with Crippen molar-refractivity contribution in [3.8, 4) is 0 Å². The molecule has 104 valence electrons. The Morgan fingerprint density at radius 2 is 2.25 bits per heavy atom. The molecule has 0 atom stereocenters. The third-order valence-corrected chi connectivity index (χ3v) is 3.63. The summed E-state index contributed by atoms with van der Waals surface area (Å²) in [5.74, 6) is 0.171. The lowest BCUT2D eigenvalue weighted by molar-refractivity contribution is 0.0928. The Hall–Kier alpha value is -2.23. The SMILES string of the molecule is Nc1ccc2oc(C(=O)NCCC3=CCCC3)cc2c1. The number of nitrogens with two attached hydrogens (primary N) is 1. The highest BCUT2D eigenvalue weighted by atomic mass is 16.3. The van der Waals surface area contributed by atoms with Gasteiger partial charge in [0.25, 0.3) is 5.91 Å². The molecule has 0 fully saturated rings. The molecule has 0 spiro atoms. The van der Waals surface area contributed by atoms with Gasteiger partial charge in [0.2, 0.25) is 0 Å². The molecule has 1 heterocycles. The van der Waals surface area contributed by atoms with Gasteiger partial charge in [0, 0.05) is 17.6 Å².